The fourth-order valence-corrected chi connectivity index (χ4v) is 8.83. The van der Waals surface area contributed by atoms with E-state index in [1.165, 1.54) is 32.6 Å². The first-order valence-corrected chi connectivity index (χ1v) is 19.3. The molecule has 0 spiro atoms. The van der Waals surface area contributed by atoms with Gasteiger partial charge in [0.2, 0.25) is 0 Å². The second-order valence-corrected chi connectivity index (χ2v) is 14.6. The highest BCUT2D eigenvalue weighted by Gasteiger charge is 2.21. The van der Waals surface area contributed by atoms with Crippen LogP contribution in [0.25, 0.3) is 111 Å². The fraction of sp³-hybridized carbons (Fsp3) is 0. The van der Waals surface area contributed by atoms with Crippen molar-refractivity contribution in [2.75, 3.05) is 0 Å². The van der Waals surface area contributed by atoms with Gasteiger partial charge in [-0.2, -0.15) is 0 Å². The van der Waals surface area contributed by atoms with E-state index in [1.54, 1.807) is 0 Å². The number of rotatable bonds is 5. The average Bonchev–Trinajstić information content (AvgIpc) is 3.94. The predicted molar refractivity (Wildman–Crippen MR) is 234 cm³/mol. The molecule has 0 aliphatic carbocycles. The average molecular weight is 729 g/mol. The molecule has 0 atom stereocenters. The Labute approximate surface area is 327 Å². The summed E-state index contributed by atoms with van der Waals surface area (Å²) in [7, 11) is 0. The Morgan fingerprint density at radius 1 is 0.386 bits per heavy atom. The lowest BCUT2D eigenvalue weighted by Crippen LogP contribution is -1.95. The van der Waals surface area contributed by atoms with Gasteiger partial charge in [-0.15, -0.1) is 0 Å². The van der Waals surface area contributed by atoms with Crippen molar-refractivity contribution in [1.29, 1.82) is 0 Å². The summed E-state index contributed by atoms with van der Waals surface area (Å²) in [5.41, 5.74) is 14.1. The molecule has 12 aromatic rings. The van der Waals surface area contributed by atoms with Crippen molar-refractivity contribution >= 4 is 65.7 Å². The highest BCUT2D eigenvalue weighted by atomic mass is 16.3. The third-order valence-electron chi connectivity index (χ3n) is 11.3. The van der Waals surface area contributed by atoms with E-state index in [2.05, 4.69) is 167 Å². The van der Waals surface area contributed by atoms with E-state index in [1.807, 2.05) is 36.4 Å². The Balaban J connectivity index is 1.12. The number of benzene rings is 8. The largest absolute Gasteiger partial charge is 0.452 e. The van der Waals surface area contributed by atoms with E-state index in [9.17, 15) is 0 Å². The van der Waals surface area contributed by atoms with Crippen molar-refractivity contribution in [2.45, 2.75) is 0 Å². The summed E-state index contributed by atoms with van der Waals surface area (Å²) >= 11 is 0. The lowest BCUT2D eigenvalue weighted by Gasteiger charge is -2.10. The van der Waals surface area contributed by atoms with Crippen LogP contribution in [0.3, 0.4) is 0 Å². The Bertz CT molecular complexity index is 3470. The monoisotopic (exact) mass is 728 g/mol. The van der Waals surface area contributed by atoms with E-state index in [0.29, 0.717) is 11.4 Å². The van der Waals surface area contributed by atoms with Crippen molar-refractivity contribution < 1.29 is 4.42 Å². The summed E-state index contributed by atoms with van der Waals surface area (Å²) in [5, 5.41) is 5.84. The highest BCUT2D eigenvalue weighted by Crippen LogP contribution is 2.42. The van der Waals surface area contributed by atoms with Crippen molar-refractivity contribution in [3.8, 4) is 45.1 Å². The number of aromatic nitrogens is 4. The Hall–Kier alpha value is -7.76. The molecule has 0 unspecified atom stereocenters. The SMILES string of the molecule is c1ccc(-c2nc(-c3cccc(-c4cccc5c4c4cc(-n6c7ccccc7c7ccccc76)ccc4n5-c4ccccc4)c3)c3oc4ccccc4c3n2)cc1. The maximum absolute atomic E-state index is 6.53. The highest BCUT2D eigenvalue weighted by molar-refractivity contribution is 6.17. The molecule has 0 bridgehead atoms. The van der Waals surface area contributed by atoms with Crippen molar-refractivity contribution in [3.05, 3.63) is 194 Å². The van der Waals surface area contributed by atoms with Crippen LogP contribution < -0.4 is 0 Å². The van der Waals surface area contributed by atoms with Crippen LogP contribution in [0.5, 0.6) is 0 Å². The zero-order chi connectivity index (χ0) is 37.5. The van der Waals surface area contributed by atoms with Crippen LogP contribution in [0.2, 0.25) is 0 Å². The normalized spacial score (nSPS) is 11.9. The van der Waals surface area contributed by atoms with Gasteiger partial charge in [0.05, 0.1) is 22.1 Å². The maximum atomic E-state index is 6.53. The van der Waals surface area contributed by atoms with Gasteiger partial charge in [-0.25, -0.2) is 9.97 Å². The van der Waals surface area contributed by atoms with Crippen molar-refractivity contribution in [1.82, 2.24) is 19.1 Å². The Morgan fingerprint density at radius 2 is 0.982 bits per heavy atom. The summed E-state index contributed by atoms with van der Waals surface area (Å²) in [6, 6.07) is 68.6. The van der Waals surface area contributed by atoms with Crippen LogP contribution in [0, 0.1) is 0 Å². The van der Waals surface area contributed by atoms with Gasteiger partial charge < -0.3 is 13.6 Å². The lowest BCUT2D eigenvalue weighted by molar-refractivity contribution is 0.667. The second-order valence-electron chi connectivity index (χ2n) is 14.6. The minimum atomic E-state index is 0.667. The molecule has 0 saturated carbocycles. The number of fused-ring (bicyclic) bond motifs is 9. The molecule has 5 nitrogen and oxygen atoms in total. The molecule has 0 amide bonds. The summed E-state index contributed by atoms with van der Waals surface area (Å²) in [6.45, 7) is 0. The van der Waals surface area contributed by atoms with Gasteiger partial charge in [0.15, 0.2) is 11.4 Å². The quantitative estimate of drug-likeness (QED) is 0.177. The number of nitrogens with zero attached hydrogens (tertiary/aromatic N) is 4. The fourth-order valence-electron chi connectivity index (χ4n) is 8.83. The molecular weight excluding hydrogens is 697 g/mol. The molecule has 0 aliphatic rings. The number of para-hydroxylation sites is 4. The summed E-state index contributed by atoms with van der Waals surface area (Å²) < 4.78 is 11.3. The first kappa shape index (κ1) is 31.6. The molecule has 0 N–H and O–H groups in total. The van der Waals surface area contributed by atoms with E-state index in [4.69, 9.17) is 14.4 Å². The van der Waals surface area contributed by atoms with Crippen molar-refractivity contribution in [3.63, 3.8) is 0 Å². The molecule has 12 rings (SSSR count). The first-order valence-electron chi connectivity index (χ1n) is 19.3. The zero-order valence-electron chi connectivity index (χ0n) is 30.7. The minimum absolute atomic E-state index is 0.667. The molecule has 0 saturated heterocycles. The zero-order valence-corrected chi connectivity index (χ0v) is 30.7. The van der Waals surface area contributed by atoms with Gasteiger partial charge in [0.25, 0.3) is 0 Å². The van der Waals surface area contributed by atoms with Gasteiger partial charge in [-0.1, -0.05) is 127 Å². The molecule has 0 aliphatic heterocycles. The van der Waals surface area contributed by atoms with Crippen LogP contribution in [0.1, 0.15) is 0 Å². The van der Waals surface area contributed by atoms with Gasteiger partial charge >= 0.3 is 0 Å². The minimum Gasteiger partial charge on any atom is -0.452 e. The van der Waals surface area contributed by atoms with Gasteiger partial charge in [-0.05, 0) is 77.9 Å². The van der Waals surface area contributed by atoms with Gasteiger partial charge in [0, 0.05) is 49.4 Å². The molecular formula is C52H32N4O. The van der Waals surface area contributed by atoms with Crippen LogP contribution in [-0.2, 0) is 0 Å². The van der Waals surface area contributed by atoms with Crippen LogP contribution in [-0.4, -0.2) is 19.1 Å². The molecule has 4 heterocycles. The summed E-state index contributed by atoms with van der Waals surface area (Å²) in [4.78, 5) is 10.3. The Kier molecular flexibility index (Phi) is 6.86. The van der Waals surface area contributed by atoms with Gasteiger partial charge in [0.1, 0.15) is 16.8 Å². The van der Waals surface area contributed by atoms with Crippen LogP contribution >= 0.6 is 0 Å². The summed E-state index contributed by atoms with van der Waals surface area (Å²) in [5.74, 6) is 0.667. The van der Waals surface area contributed by atoms with E-state index < -0.39 is 0 Å². The molecule has 5 heteroatoms. The number of hydrogen-bond donors (Lipinski definition) is 0. The van der Waals surface area contributed by atoms with Gasteiger partial charge in [-0.3, -0.25) is 0 Å². The van der Waals surface area contributed by atoms with Crippen LogP contribution in [0.15, 0.2) is 199 Å². The predicted octanol–water partition coefficient (Wildman–Crippen LogP) is 13.6. The number of furan rings is 1. The molecule has 4 aromatic heterocycles. The lowest BCUT2D eigenvalue weighted by atomic mass is 9.96. The van der Waals surface area contributed by atoms with Crippen molar-refractivity contribution in [2.24, 2.45) is 0 Å². The molecule has 57 heavy (non-hydrogen) atoms. The molecule has 0 fully saturated rings. The maximum Gasteiger partial charge on any atom is 0.180 e. The van der Waals surface area contributed by atoms with Crippen LogP contribution in [0.4, 0.5) is 0 Å². The van der Waals surface area contributed by atoms with E-state index in [-0.39, 0.29) is 0 Å². The topological polar surface area (TPSA) is 48.8 Å². The molecule has 0 radical (unpaired) electrons. The third kappa shape index (κ3) is 4.82. The second kappa shape index (κ2) is 12.4. The first-order chi connectivity index (χ1) is 28.3. The summed E-state index contributed by atoms with van der Waals surface area (Å²) in [6.07, 6.45) is 0. The third-order valence-corrected chi connectivity index (χ3v) is 11.3. The standard InChI is InChI=1S/C52H32N4O/c1-3-15-33(16-4-1)52-53-49(51-50(54-52)41-23-9-12-28-47(41)57-51)35-18-13-17-34(31-35)38-24-14-27-46-48(38)42-32-37(29-30-45(42)55(46)36-19-5-2-6-20-36)56-43-25-10-7-21-39(43)40-22-8-11-26-44(40)56/h1-32H. The van der Waals surface area contributed by atoms with E-state index >= 15 is 0 Å². The Morgan fingerprint density at radius 3 is 1.77 bits per heavy atom. The van der Waals surface area contributed by atoms with E-state index in [0.717, 1.165) is 66.8 Å². The number of hydrogen-bond acceptors (Lipinski definition) is 3. The smallest absolute Gasteiger partial charge is 0.180 e. The molecule has 8 aromatic carbocycles. The molecule has 266 valence electrons.